The number of nitrogens with one attached hydrogen (secondary N) is 1. The van der Waals surface area contributed by atoms with Gasteiger partial charge in [0.25, 0.3) is 0 Å². The summed E-state index contributed by atoms with van der Waals surface area (Å²) in [5.74, 6) is 0.134. The van der Waals surface area contributed by atoms with Crippen LogP contribution in [0.15, 0.2) is 40.7 Å². The maximum absolute atomic E-state index is 9.90. The molecule has 0 fully saturated rings. The molecule has 108 valence electrons. The van der Waals surface area contributed by atoms with Crippen LogP contribution in [0.3, 0.4) is 0 Å². The summed E-state index contributed by atoms with van der Waals surface area (Å²) in [6.45, 7) is 0.520. The Bertz CT molecular complexity index is 788. The van der Waals surface area contributed by atoms with Crippen LogP contribution >= 0.6 is 34.7 Å². The molecule has 0 spiro atoms. The van der Waals surface area contributed by atoms with Gasteiger partial charge in [0, 0.05) is 17.8 Å². The Morgan fingerprint density at radius 1 is 1.33 bits per heavy atom. The van der Waals surface area contributed by atoms with Crippen LogP contribution in [0, 0.1) is 0 Å². The number of anilines is 1. The molecule has 6 heteroatoms. The summed E-state index contributed by atoms with van der Waals surface area (Å²) in [5.41, 5.74) is 2.79. The van der Waals surface area contributed by atoms with Gasteiger partial charge in [-0.1, -0.05) is 35.5 Å². The second kappa shape index (κ2) is 6.13. The monoisotopic (exact) mass is 336 g/mol. The van der Waals surface area contributed by atoms with E-state index in [1.807, 2.05) is 30.5 Å². The van der Waals surface area contributed by atoms with Crippen LogP contribution in [0.25, 0.3) is 10.2 Å². The van der Waals surface area contributed by atoms with Crippen LogP contribution in [0.1, 0.15) is 5.56 Å². The molecule has 3 nitrogen and oxygen atoms in total. The number of nitrogens with zero attached hydrogens (tertiary/aromatic N) is 1. The molecule has 0 aliphatic rings. The Morgan fingerprint density at radius 2 is 2.19 bits per heavy atom. The summed E-state index contributed by atoms with van der Waals surface area (Å²) in [4.78, 5) is 4.51. The van der Waals surface area contributed by atoms with Crippen molar-refractivity contribution in [2.45, 2.75) is 10.9 Å². The van der Waals surface area contributed by atoms with Crippen molar-refractivity contribution >= 4 is 50.6 Å². The summed E-state index contributed by atoms with van der Waals surface area (Å²) in [6, 6.07) is 11.4. The van der Waals surface area contributed by atoms with Crippen LogP contribution in [0.2, 0.25) is 5.02 Å². The molecule has 0 radical (unpaired) electrons. The molecule has 0 aliphatic heterocycles. The summed E-state index contributed by atoms with van der Waals surface area (Å²) in [6.07, 6.45) is 2.03. The van der Waals surface area contributed by atoms with E-state index in [4.69, 9.17) is 11.6 Å². The summed E-state index contributed by atoms with van der Waals surface area (Å²) in [7, 11) is 0. The average molecular weight is 337 g/mol. The molecule has 0 amide bonds. The molecule has 2 N–H and O–H groups in total. The van der Waals surface area contributed by atoms with Gasteiger partial charge >= 0.3 is 0 Å². The number of benzene rings is 2. The van der Waals surface area contributed by atoms with Gasteiger partial charge in [0.2, 0.25) is 0 Å². The second-order valence-corrected chi connectivity index (χ2v) is 6.96. The molecular formula is C15H13ClN2OS2. The summed E-state index contributed by atoms with van der Waals surface area (Å²) in [5, 5.41) is 13.6. The first-order chi connectivity index (χ1) is 10.2. The van der Waals surface area contributed by atoms with Crippen molar-refractivity contribution in [2.75, 3.05) is 11.6 Å². The molecule has 3 rings (SSSR count). The van der Waals surface area contributed by atoms with Gasteiger partial charge in [-0.2, -0.15) is 0 Å². The lowest BCUT2D eigenvalue weighted by atomic mass is 10.2. The molecular weight excluding hydrogens is 324 g/mol. The van der Waals surface area contributed by atoms with Gasteiger partial charge < -0.3 is 10.4 Å². The summed E-state index contributed by atoms with van der Waals surface area (Å²) >= 11 is 9.24. The van der Waals surface area contributed by atoms with E-state index in [9.17, 15) is 5.11 Å². The van der Waals surface area contributed by atoms with E-state index in [1.165, 1.54) is 0 Å². The number of rotatable bonds is 4. The van der Waals surface area contributed by atoms with Crippen LogP contribution < -0.4 is 5.32 Å². The highest BCUT2D eigenvalue weighted by Gasteiger charge is 2.06. The largest absolute Gasteiger partial charge is 0.506 e. The maximum Gasteiger partial charge on any atom is 0.150 e. The van der Waals surface area contributed by atoms with E-state index in [-0.39, 0.29) is 5.75 Å². The third kappa shape index (κ3) is 3.10. The van der Waals surface area contributed by atoms with Crippen molar-refractivity contribution in [1.29, 1.82) is 0 Å². The van der Waals surface area contributed by atoms with Crippen molar-refractivity contribution in [2.24, 2.45) is 0 Å². The molecule has 0 bridgehead atoms. The van der Waals surface area contributed by atoms with Gasteiger partial charge in [0.1, 0.15) is 5.75 Å². The number of para-hydroxylation sites is 1. The average Bonchev–Trinajstić information content (AvgIpc) is 2.91. The minimum Gasteiger partial charge on any atom is -0.506 e. The van der Waals surface area contributed by atoms with Gasteiger partial charge in [-0.25, -0.2) is 4.98 Å². The number of fused-ring (bicyclic) bond motifs is 1. The highest BCUT2D eigenvalue weighted by molar-refractivity contribution is 8.00. The second-order valence-electron chi connectivity index (χ2n) is 4.47. The first-order valence-electron chi connectivity index (χ1n) is 6.32. The molecule has 1 aromatic heterocycles. The number of thiazole rings is 1. The molecule has 21 heavy (non-hydrogen) atoms. The molecule has 0 saturated heterocycles. The molecule has 2 aromatic carbocycles. The fourth-order valence-electron chi connectivity index (χ4n) is 2.00. The first kappa shape index (κ1) is 14.5. The van der Waals surface area contributed by atoms with Gasteiger partial charge in [-0.3, -0.25) is 0 Å². The maximum atomic E-state index is 9.90. The number of hydrogen-bond acceptors (Lipinski definition) is 5. The number of thioether (sulfide) groups is 1. The van der Waals surface area contributed by atoms with Gasteiger partial charge in [-0.05, 0) is 30.5 Å². The van der Waals surface area contributed by atoms with E-state index in [0.717, 1.165) is 25.8 Å². The molecule has 1 heterocycles. The lowest BCUT2D eigenvalue weighted by molar-refractivity contribution is 0.469. The predicted octanol–water partition coefficient (Wildman–Crippen LogP) is 4.99. The van der Waals surface area contributed by atoms with E-state index < -0.39 is 0 Å². The SMILES string of the molecule is CSc1nc2ccc(NCc3cccc(Cl)c3O)cc2s1. The van der Waals surface area contributed by atoms with Crippen LogP contribution in [-0.2, 0) is 6.54 Å². The minimum atomic E-state index is 0.134. The smallest absolute Gasteiger partial charge is 0.150 e. The third-order valence-electron chi connectivity index (χ3n) is 3.10. The van der Waals surface area contributed by atoms with E-state index in [0.29, 0.717) is 11.6 Å². The van der Waals surface area contributed by atoms with Crippen LogP contribution in [-0.4, -0.2) is 16.3 Å². The fraction of sp³-hybridized carbons (Fsp3) is 0.133. The number of halogens is 1. The highest BCUT2D eigenvalue weighted by Crippen LogP contribution is 2.31. The molecule has 0 atom stereocenters. The lowest BCUT2D eigenvalue weighted by Gasteiger charge is -2.09. The van der Waals surface area contributed by atoms with Gasteiger partial charge in [-0.15, -0.1) is 11.3 Å². The lowest BCUT2D eigenvalue weighted by Crippen LogP contribution is -1.99. The third-order valence-corrected chi connectivity index (χ3v) is 5.41. The normalized spacial score (nSPS) is 11.0. The zero-order valence-corrected chi connectivity index (χ0v) is 13.6. The van der Waals surface area contributed by atoms with Crippen molar-refractivity contribution in [1.82, 2.24) is 4.98 Å². The van der Waals surface area contributed by atoms with Crippen molar-refractivity contribution in [3.63, 3.8) is 0 Å². The Balaban J connectivity index is 1.80. The Labute approximate surface area is 136 Å². The topological polar surface area (TPSA) is 45.2 Å². The fourth-order valence-corrected chi connectivity index (χ4v) is 3.72. The molecule has 3 aromatic rings. The van der Waals surface area contributed by atoms with E-state index in [2.05, 4.69) is 16.4 Å². The standard InChI is InChI=1S/C15H13ClN2OS2/c1-20-15-18-12-6-5-10(7-13(12)21-15)17-8-9-3-2-4-11(16)14(9)19/h2-7,17,19H,8H2,1H3. The van der Waals surface area contributed by atoms with Crippen molar-refractivity contribution in [3.05, 3.63) is 47.0 Å². The van der Waals surface area contributed by atoms with E-state index in [1.54, 1.807) is 29.2 Å². The first-order valence-corrected chi connectivity index (χ1v) is 8.74. The van der Waals surface area contributed by atoms with Crippen molar-refractivity contribution < 1.29 is 5.11 Å². The highest BCUT2D eigenvalue weighted by atomic mass is 35.5. The Morgan fingerprint density at radius 3 is 3.00 bits per heavy atom. The van der Waals surface area contributed by atoms with Gasteiger partial charge in [0.05, 0.1) is 15.2 Å². The van der Waals surface area contributed by atoms with E-state index >= 15 is 0 Å². The number of aromatic hydroxyl groups is 1. The zero-order valence-electron chi connectivity index (χ0n) is 11.3. The Kier molecular flexibility index (Phi) is 4.24. The number of hydrogen-bond donors (Lipinski definition) is 2. The number of aromatic nitrogens is 1. The number of phenolic OH excluding ortho intramolecular Hbond substituents is 1. The predicted molar refractivity (Wildman–Crippen MR) is 91.8 cm³/mol. The minimum absolute atomic E-state index is 0.134. The molecule has 0 unspecified atom stereocenters. The zero-order chi connectivity index (χ0) is 14.8. The van der Waals surface area contributed by atoms with Crippen molar-refractivity contribution in [3.8, 4) is 5.75 Å². The summed E-state index contributed by atoms with van der Waals surface area (Å²) < 4.78 is 2.22. The Hall–Kier alpha value is -1.43. The molecule has 0 aliphatic carbocycles. The van der Waals surface area contributed by atoms with Crippen LogP contribution in [0.4, 0.5) is 5.69 Å². The number of phenols is 1. The van der Waals surface area contributed by atoms with Gasteiger partial charge in [0.15, 0.2) is 4.34 Å². The molecule has 0 saturated carbocycles. The van der Waals surface area contributed by atoms with Crippen LogP contribution in [0.5, 0.6) is 5.75 Å². The quantitative estimate of drug-likeness (QED) is 0.659.